The molecule has 0 radical (unpaired) electrons. The van der Waals surface area contributed by atoms with Gasteiger partial charge in [-0.1, -0.05) is 23.7 Å². The van der Waals surface area contributed by atoms with E-state index < -0.39 is 0 Å². The largest absolute Gasteiger partial charge is 0.342 e. The van der Waals surface area contributed by atoms with Gasteiger partial charge in [0.1, 0.15) is 0 Å². The van der Waals surface area contributed by atoms with Crippen molar-refractivity contribution in [3.8, 4) is 0 Å². The van der Waals surface area contributed by atoms with Crippen molar-refractivity contribution in [2.24, 2.45) is 0 Å². The fraction of sp³-hybridized carbons (Fsp3) is 0.562. The van der Waals surface area contributed by atoms with Crippen LogP contribution in [0.25, 0.3) is 0 Å². The minimum absolute atomic E-state index is 0. The number of nitrogens with one attached hydrogen (secondary N) is 1. The van der Waals surface area contributed by atoms with Crippen molar-refractivity contribution in [3.63, 3.8) is 0 Å². The zero-order valence-electron chi connectivity index (χ0n) is 13.2. The summed E-state index contributed by atoms with van der Waals surface area (Å²) in [6.45, 7) is 8.70. The quantitative estimate of drug-likeness (QED) is 0.890. The molecule has 4 nitrogen and oxygen atoms in total. The summed E-state index contributed by atoms with van der Waals surface area (Å²) in [5, 5.41) is 4.15. The monoisotopic (exact) mass is 345 g/mol. The predicted molar refractivity (Wildman–Crippen MR) is 93.8 cm³/mol. The Bertz CT molecular complexity index is 480. The van der Waals surface area contributed by atoms with Crippen LogP contribution in [0.1, 0.15) is 25.5 Å². The van der Waals surface area contributed by atoms with Gasteiger partial charge in [0.2, 0.25) is 5.91 Å². The minimum Gasteiger partial charge on any atom is -0.342 e. The maximum absolute atomic E-state index is 12.4. The van der Waals surface area contributed by atoms with Gasteiger partial charge in [-0.2, -0.15) is 0 Å². The number of carbonyl (C=O) groups excluding carboxylic acids is 1. The molecule has 1 saturated heterocycles. The lowest BCUT2D eigenvalue weighted by Crippen LogP contribution is -2.50. The molecule has 1 aliphatic heterocycles. The van der Waals surface area contributed by atoms with Crippen molar-refractivity contribution in [2.75, 3.05) is 39.3 Å². The van der Waals surface area contributed by atoms with E-state index in [1.807, 2.05) is 36.9 Å². The van der Waals surface area contributed by atoms with Crippen molar-refractivity contribution in [2.45, 2.75) is 19.9 Å². The van der Waals surface area contributed by atoms with E-state index in [2.05, 4.69) is 16.3 Å². The van der Waals surface area contributed by atoms with Crippen LogP contribution < -0.4 is 5.32 Å². The molecule has 1 heterocycles. The molecule has 1 aliphatic rings. The van der Waals surface area contributed by atoms with E-state index in [9.17, 15) is 4.79 Å². The average Bonchev–Trinajstić information content (AvgIpc) is 2.49. The molecule has 6 heteroatoms. The normalized spacial score (nSPS) is 18.6. The lowest BCUT2D eigenvalue weighted by atomic mass is 10.0. The highest BCUT2D eigenvalue weighted by molar-refractivity contribution is 6.30. The summed E-state index contributed by atoms with van der Waals surface area (Å²) >= 11 is 6.10. The van der Waals surface area contributed by atoms with Crippen molar-refractivity contribution in [1.82, 2.24) is 15.1 Å². The van der Waals surface area contributed by atoms with Gasteiger partial charge in [0, 0.05) is 43.8 Å². The second-order valence-corrected chi connectivity index (χ2v) is 5.75. The second kappa shape index (κ2) is 9.36. The summed E-state index contributed by atoms with van der Waals surface area (Å²) in [4.78, 5) is 16.5. The molecule has 0 spiro atoms. The third-order valence-corrected chi connectivity index (χ3v) is 4.28. The van der Waals surface area contributed by atoms with Gasteiger partial charge in [-0.15, -0.1) is 12.4 Å². The van der Waals surface area contributed by atoms with Gasteiger partial charge in [0.25, 0.3) is 0 Å². The molecule has 0 aliphatic carbocycles. The van der Waals surface area contributed by atoms with Crippen molar-refractivity contribution in [3.05, 3.63) is 34.9 Å². The van der Waals surface area contributed by atoms with E-state index >= 15 is 0 Å². The predicted octanol–water partition coefficient (Wildman–Crippen LogP) is 2.58. The first-order valence-corrected chi connectivity index (χ1v) is 8.01. The lowest BCUT2D eigenvalue weighted by Gasteiger charge is -2.37. The van der Waals surface area contributed by atoms with Crippen LogP contribution in [0.5, 0.6) is 0 Å². The van der Waals surface area contributed by atoms with E-state index in [0.29, 0.717) is 6.54 Å². The van der Waals surface area contributed by atoms with E-state index in [0.717, 1.165) is 37.7 Å². The van der Waals surface area contributed by atoms with Crippen LogP contribution in [0.3, 0.4) is 0 Å². The summed E-state index contributed by atoms with van der Waals surface area (Å²) in [5.41, 5.74) is 1.17. The summed E-state index contributed by atoms with van der Waals surface area (Å²) in [6.07, 6.45) is 0. The third-order valence-electron chi connectivity index (χ3n) is 4.04. The van der Waals surface area contributed by atoms with Gasteiger partial charge in [0.05, 0.1) is 6.54 Å². The van der Waals surface area contributed by atoms with Gasteiger partial charge in [-0.25, -0.2) is 0 Å². The van der Waals surface area contributed by atoms with Crippen molar-refractivity contribution < 1.29 is 4.79 Å². The zero-order chi connectivity index (χ0) is 15.2. The Balaban J connectivity index is 0.00000242. The summed E-state index contributed by atoms with van der Waals surface area (Å²) < 4.78 is 0. The van der Waals surface area contributed by atoms with E-state index in [-0.39, 0.29) is 24.4 Å². The highest BCUT2D eigenvalue weighted by Crippen LogP contribution is 2.24. The summed E-state index contributed by atoms with van der Waals surface area (Å²) in [6, 6.07) is 8.13. The summed E-state index contributed by atoms with van der Waals surface area (Å²) in [7, 11) is 0. The Hall–Kier alpha value is -0.810. The van der Waals surface area contributed by atoms with Crippen molar-refractivity contribution in [1.29, 1.82) is 0 Å². The number of halogens is 2. The van der Waals surface area contributed by atoms with Crippen LogP contribution in [0.2, 0.25) is 5.02 Å². The van der Waals surface area contributed by atoms with Crippen LogP contribution in [0, 0.1) is 0 Å². The molecule has 0 bridgehead atoms. The zero-order valence-corrected chi connectivity index (χ0v) is 14.8. The minimum atomic E-state index is 0. The van der Waals surface area contributed by atoms with Gasteiger partial charge in [-0.05, 0) is 31.5 Å². The van der Waals surface area contributed by atoms with Gasteiger partial charge in [0.15, 0.2) is 0 Å². The van der Waals surface area contributed by atoms with Gasteiger partial charge >= 0.3 is 0 Å². The Labute approximate surface area is 144 Å². The fourth-order valence-corrected chi connectivity index (χ4v) is 3.03. The lowest BCUT2D eigenvalue weighted by molar-refractivity contribution is -0.132. The molecule has 1 aromatic carbocycles. The molecule has 1 fully saturated rings. The summed E-state index contributed by atoms with van der Waals surface area (Å²) in [5.74, 6) is 0.203. The molecule has 1 aromatic rings. The van der Waals surface area contributed by atoms with Gasteiger partial charge < -0.3 is 10.2 Å². The van der Waals surface area contributed by atoms with Crippen LogP contribution in [0.15, 0.2) is 24.3 Å². The van der Waals surface area contributed by atoms with Crippen LogP contribution >= 0.6 is 24.0 Å². The van der Waals surface area contributed by atoms with Crippen LogP contribution in [-0.2, 0) is 4.79 Å². The first-order chi connectivity index (χ1) is 10.2. The number of likely N-dealkylation sites (N-methyl/N-ethyl adjacent to an activating group) is 1. The number of benzene rings is 1. The maximum atomic E-state index is 12.4. The third kappa shape index (κ3) is 4.85. The molecule has 0 saturated carbocycles. The highest BCUT2D eigenvalue weighted by Gasteiger charge is 2.26. The van der Waals surface area contributed by atoms with Crippen molar-refractivity contribution >= 4 is 29.9 Å². The Kier molecular flexibility index (Phi) is 8.18. The molecule has 1 amide bonds. The highest BCUT2D eigenvalue weighted by atomic mass is 35.5. The smallest absolute Gasteiger partial charge is 0.236 e. The number of hydrogen-bond donors (Lipinski definition) is 1. The van der Waals surface area contributed by atoms with E-state index in [1.54, 1.807) is 0 Å². The average molecular weight is 346 g/mol. The molecule has 0 aromatic heterocycles. The molecular formula is C16H25Cl2N3O. The molecule has 22 heavy (non-hydrogen) atoms. The molecule has 2 rings (SSSR count). The van der Waals surface area contributed by atoms with E-state index in [4.69, 9.17) is 11.6 Å². The van der Waals surface area contributed by atoms with Gasteiger partial charge in [-0.3, -0.25) is 9.69 Å². The Morgan fingerprint density at radius 1 is 1.41 bits per heavy atom. The number of amides is 1. The molecular weight excluding hydrogens is 321 g/mol. The second-order valence-electron chi connectivity index (χ2n) is 5.31. The fourth-order valence-electron chi connectivity index (χ4n) is 2.83. The standard InChI is InChI=1S/C16H24ClN3O.ClH/c1-3-19(4-2)16(21)12-20-9-8-18-11-15(20)13-6-5-7-14(17)10-13;/h5-7,10,15,18H,3-4,8-9,11-12H2,1-2H3;1H. The Morgan fingerprint density at radius 3 is 2.77 bits per heavy atom. The SMILES string of the molecule is CCN(CC)C(=O)CN1CCNCC1c1cccc(Cl)c1.Cl. The first-order valence-electron chi connectivity index (χ1n) is 7.63. The van der Waals surface area contributed by atoms with Crippen LogP contribution in [-0.4, -0.2) is 55.0 Å². The van der Waals surface area contributed by atoms with E-state index in [1.165, 1.54) is 5.56 Å². The first kappa shape index (κ1) is 19.2. The number of hydrogen-bond acceptors (Lipinski definition) is 3. The number of carbonyl (C=O) groups is 1. The number of nitrogens with zero attached hydrogens (tertiary/aromatic N) is 2. The maximum Gasteiger partial charge on any atom is 0.236 e. The molecule has 1 atom stereocenters. The molecule has 124 valence electrons. The molecule has 1 N–H and O–H groups in total. The Morgan fingerprint density at radius 2 is 2.14 bits per heavy atom. The molecule has 1 unspecified atom stereocenters. The number of piperazine rings is 1. The van der Waals surface area contributed by atoms with Crippen LogP contribution in [0.4, 0.5) is 0 Å². The topological polar surface area (TPSA) is 35.6 Å². The number of rotatable bonds is 5.